The fourth-order valence-electron chi connectivity index (χ4n) is 10.8. The van der Waals surface area contributed by atoms with Gasteiger partial charge in [-0.15, -0.1) is 0 Å². The molecule has 4 nitrogen and oxygen atoms in total. The first-order chi connectivity index (χ1) is 34.5. The van der Waals surface area contributed by atoms with Gasteiger partial charge in [-0.25, -0.2) is 0 Å². The molecule has 0 radical (unpaired) electrons. The minimum absolute atomic E-state index is 0.397. The van der Waals surface area contributed by atoms with E-state index in [0.29, 0.717) is 26.4 Å². The van der Waals surface area contributed by atoms with Crippen LogP contribution in [0, 0.1) is 0 Å². The van der Waals surface area contributed by atoms with Crippen LogP contribution in [0.1, 0.15) is 94.5 Å². The molecule has 0 aliphatic heterocycles. The van der Waals surface area contributed by atoms with E-state index in [2.05, 4.69) is 282 Å². The van der Waals surface area contributed by atoms with Crippen LogP contribution >= 0.6 is 0 Å². The van der Waals surface area contributed by atoms with E-state index in [1.165, 1.54) is 0 Å². The van der Waals surface area contributed by atoms with Crippen LogP contribution in [-0.4, -0.2) is 26.4 Å². The zero-order chi connectivity index (χ0) is 48.3. The third-order valence-electron chi connectivity index (χ3n) is 13.6. The molecule has 0 amide bonds. The van der Waals surface area contributed by atoms with E-state index >= 15 is 0 Å². The molecular weight excluding hydrogens is 857 g/mol. The summed E-state index contributed by atoms with van der Waals surface area (Å²) in [5.41, 5.74) is 7.92. The summed E-state index contributed by atoms with van der Waals surface area (Å²) in [6, 6.07) is 90.0. The highest BCUT2D eigenvalue weighted by Gasteiger charge is 2.45. The van der Waals surface area contributed by atoms with Gasteiger partial charge in [0.05, 0.1) is 0 Å². The monoisotopic (exact) mass is 918 g/mol. The Kier molecular flexibility index (Phi) is 14.8. The topological polar surface area (TPSA) is 36.9 Å². The second-order valence-electron chi connectivity index (χ2n) is 17.4. The molecular formula is C66H62O4. The molecule has 0 bridgehead atoms. The van der Waals surface area contributed by atoms with Crippen LogP contribution in [-0.2, 0) is 41.4 Å². The zero-order valence-electron chi connectivity index (χ0n) is 40.7. The lowest BCUT2D eigenvalue weighted by atomic mass is 9.72. The Morgan fingerprint density at radius 2 is 0.343 bits per heavy atom. The number of benzene rings is 9. The van der Waals surface area contributed by atoms with Crippen LogP contribution in [0.5, 0.6) is 0 Å². The van der Waals surface area contributed by atoms with Gasteiger partial charge in [0.2, 0.25) is 0 Å². The number of hydrogen-bond acceptors (Lipinski definition) is 4. The third kappa shape index (κ3) is 8.63. The summed E-state index contributed by atoms with van der Waals surface area (Å²) in [4.78, 5) is 0. The van der Waals surface area contributed by atoms with Gasteiger partial charge in [0.1, 0.15) is 22.4 Å². The van der Waals surface area contributed by atoms with Crippen molar-refractivity contribution in [3.05, 3.63) is 322 Å². The molecule has 4 heteroatoms. The Hall–Kier alpha value is -7.18. The highest BCUT2D eigenvalue weighted by atomic mass is 16.5. The molecule has 0 fully saturated rings. The molecule has 0 saturated carbocycles. The van der Waals surface area contributed by atoms with Crippen molar-refractivity contribution in [2.75, 3.05) is 26.4 Å². The van der Waals surface area contributed by atoms with Crippen molar-refractivity contribution in [3.8, 4) is 0 Å². The molecule has 9 aromatic carbocycles. The summed E-state index contributed by atoms with van der Waals surface area (Å²) in [7, 11) is 0. The van der Waals surface area contributed by atoms with Crippen molar-refractivity contribution < 1.29 is 18.9 Å². The molecule has 0 N–H and O–H groups in total. The molecule has 9 aromatic rings. The van der Waals surface area contributed by atoms with E-state index in [4.69, 9.17) is 18.9 Å². The maximum atomic E-state index is 7.58. The molecule has 0 spiro atoms. The zero-order valence-corrected chi connectivity index (χ0v) is 40.7. The van der Waals surface area contributed by atoms with E-state index in [1.54, 1.807) is 0 Å². The molecule has 0 aliphatic carbocycles. The van der Waals surface area contributed by atoms with Gasteiger partial charge in [0.15, 0.2) is 0 Å². The van der Waals surface area contributed by atoms with Crippen molar-refractivity contribution in [3.63, 3.8) is 0 Å². The molecule has 70 heavy (non-hydrogen) atoms. The Morgan fingerprint density at radius 3 is 0.500 bits per heavy atom. The smallest absolute Gasteiger partial charge is 0.143 e. The van der Waals surface area contributed by atoms with E-state index in [9.17, 15) is 0 Å². The van der Waals surface area contributed by atoms with Crippen LogP contribution in [0.25, 0.3) is 0 Å². The number of ether oxygens (including phenoxy) is 4. The first-order valence-electron chi connectivity index (χ1n) is 24.7. The van der Waals surface area contributed by atoms with Gasteiger partial charge in [-0.05, 0) is 113 Å². The maximum Gasteiger partial charge on any atom is 0.143 e. The Morgan fingerprint density at radius 1 is 0.200 bits per heavy atom. The normalized spacial score (nSPS) is 12.2. The first kappa shape index (κ1) is 47.9. The molecule has 0 atom stereocenters. The molecule has 0 saturated heterocycles. The summed E-state index contributed by atoms with van der Waals surface area (Å²) in [5.74, 6) is 0. The summed E-state index contributed by atoms with van der Waals surface area (Å²) < 4.78 is 29.0. The Labute approximate surface area is 415 Å². The third-order valence-corrected chi connectivity index (χ3v) is 13.6. The van der Waals surface area contributed by atoms with Crippen LogP contribution in [0.2, 0.25) is 0 Å². The van der Waals surface area contributed by atoms with Gasteiger partial charge < -0.3 is 18.9 Å². The van der Waals surface area contributed by atoms with Crippen LogP contribution in [0.15, 0.2) is 255 Å². The molecule has 350 valence electrons. The molecule has 9 rings (SSSR count). The fourth-order valence-corrected chi connectivity index (χ4v) is 10.8. The quantitative estimate of drug-likeness (QED) is 0.0714. The summed E-state index contributed by atoms with van der Waals surface area (Å²) in [5, 5.41) is 0. The van der Waals surface area contributed by atoms with Crippen LogP contribution in [0.4, 0.5) is 0 Å². The van der Waals surface area contributed by atoms with Crippen LogP contribution < -0.4 is 0 Å². The molecule has 0 heterocycles. The lowest BCUT2D eigenvalue weighted by molar-refractivity contribution is 0.0129. The first-order valence-corrected chi connectivity index (χ1v) is 24.7. The standard InChI is InChI=1S/C66H62O4/c1-5-67-63(51-30-15-9-16-31-51,52-32-17-10-18-33-52)57-42-27-45-60(48-57)66(70-8-4,61-46-28-43-58(49-61)64(68-6-2,53-34-19-11-20-35-53)54-36-21-12-22-37-54)62-47-29-44-59(50-62)65(69-7-3,55-38-23-13-24-39-55)56-40-25-14-26-41-56/h9-50H,5-8H2,1-4H3. The van der Waals surface area contributed by atoms with Crippen LogP contribution in [0.3, 0.4) is 0 Å². The minimum Gasteiger partial charge on any atom is -0.361 e. The Bertz CT molecular complexity index is 2580. The number of rotatable bonds is 20. The molecule has 0 aliphatic rings. The number of hydrogen-bond donors (Lipinski definition) is 0. The fraction of sp³-hybridized carbons (Fsp3) is 0.182. The maximum absolute atomic E-state index is 7.58. The van der Waals surface area contributed by atoms with Gasteiger partial charge in [0.25, 0.3) is 0 Å². The van der Waals surface area contributed by atoms with Gasteiger partial charge >= 0.3 is 0 Å². The summed E-state index contributed by atoms with van der Waals surface area (Å²) >= 11 is 0. The van der Waals surface area contributed by atoms with Crippen molar-refractivity contribution in [2.24, 2.45) is 0 Å². The molecule has 0 aromatic heterocycles. The van der Waals surface area contributed by atoms with Crippen molar-refractivity contribution in [1.82, 2.24) is 0 Å². The lowest BCUT2D eigenvalue weighted by Gasteiger charge is -2.41. The predicted molar refractivity (Wildman–Crippen MR) is 284 cm³/mol. The van der Waals surface area contributed by atoms with Crippen molar-refractivity contribution in [2.45, 2.75) is 50.1 Å². The summed E-state index contributed by atoms with van der Waals surface area (Å²) in [6.07, 6.45) is 0. The second kappa shape index (κ2) is 21.6. The van der Waals surface area contributed by atoms with E-state index in [1.807, 2.05) is 0 Å². The predicted octanol–water partition coefficient (Wildman–Crippen LogP) is 15.0. The van der Waals surface area contributed by atoms with Gasteiger partial charge in [0, 0.05) is 26.4 Å². The van der Waals surface area contributed by atoms with E-state index in [0.717, 1.165) is 66.8 Å². The van der Waals surface area contributed by atoms with Gasteiger partial charge in [-0.2, -0.15) is 0 Å². The van der Waals surface area contributed by atoms with E-state index in [-0.39, 0.29) is 0 Å². The average Bonchev–Trinajstić information content (AvgIpc) is 3.44. The lowest BCUT2D eigenvalue weighted by Crippen LogP contribution is -2.38. The van der Waals surface area contributed by atoms with Gasteiger partial charge in [-0.3, -0.25) is 0 Å². The Balaban J connectivity index is 1.39. The second-order valence-corrected chi connectivity index (χ2v) is 17.4. The summed E-state index contributed by atoms with van der Waals surface area (Å²) in [6.45, 7) is 10.1. The largest absolute Gasteiger partial charge is 0.361 e. The average molecular weight is 919 g/mol. The SMILES string of the molecule is CCOC(c1ccccc1)(c1ccccc1)c1cccc(C(OCC)(c2cccc(C(OCC)(c3ccccc3)c3ccccc3)c2)c2cccc(C(OCC)(c3ccccc3)c3ccccc3)c2)c1. The van der Waals surface area contributed by atoms with E-state index < -0.39 is 22.4 Å². The van der Waals surface area contributed by atoms with Gasteiger partial charge in [-0.1, -0.05) is 237 Å². The highest BCUT2D eigenvalue weighted by molar-refractivity contribution is 5.58. The van der Waals surface area contributed by atoms with Crippen molar-refractivity contribution >= 4 is 0 Å². The highest BCUT2D eigenvalue weighted by Crippen LogP contribution is 2.49. The minimum atomic E-state index is -1.20. The molecule has 0 unspecified atom stereocenters. The van der Waals surface area contributed by atoms with Crippen molar-refractivity contribution in [1.29, 1.82) is 0 Å².